The molecule has 0 saturated heterocycles. The summed E-state index contributed by atoms with van der Waals surface area (Å²) in [5.41, 5.74) is 0. The zero-order valence-electron chi connectivity index (χ0n) is 17.0. The van der Waals surface area contributed by atoms with Crippen LogP contribution in [0.4, 0.5) is 0 Å². The zero-order valence-corrected chi connectivity index (χ0v) is 17.0. The highest BCUT2D eigenvalue weighted by Crippen LogP contribution is 2.11. The van der Waals surface area contributed by atoms with E-state index < -0.39 is 0 Å². The van der Waals surface area contributed by atoms with Crippen LogP contribution >= 0.6 is 0 Å². The summed E-state index contributed by atoms with van der Waals surface area (Å²) in [6.07, 6.45) is 11.5. The lowest BCUT2D eigenvalue weighted by molar-refractivity contribution is -0.110. The first-order valence-corrected chi connectivity index (χ1v) is 10.1. The molecule has 0 saturated carbocycles. The first-order valence-electron chi connectivity index (χ1n) is 10.1. The van der Waals surface area contributed by atoms with Crippen molar-refractivity contribution >= 4 is 6.29 Å². The molecule has 158 valence electrons. The molecule has 0 aromatic heterocycles. The van der Waals surface area contributed by atoms with Crippen LogP contribution in [0.1, 0.15) is 65.2 Å². The Labute approximate surface area is 160 Å². The van der Waals surface area contributed by atoms with Crippen LogP contribution < -0.4 is 0 Å². The Morgan fingerprint density at radius 3 is 1.58 bits per heavy atom. The summed E-state index contributed by atoms with van der Waals surface area (Å²) in [4.78, 5) is 10.3. The molecular weight excluding hydrogens is 336 g/mol. The summed E-state index contributed by atoms with van der Waals surface area (Å²) in [5, 5.41) is 16.7. The molecule has 26 heavy (non-hydrogen) atoms. The lowest BCUT2D eigenvalue weighted by Crippen LogP contribution is -2.11. The van der Waals surface area contributed by atoms with Crippen molar-refractivity contribution in [2.45, 2.75) is 65.2 Å². The minimum atomic E-state index is 0.0413. The number of carbonyl (C=O) groups is 1. The average molecular weight is 379 g/mol. The third-order valence-corrected chi connectivity index (χ3v) is 3.71. The van der Waals surface area contributed by atoms with Crippen molar-refractivity contribution in [3.05, 3.63) is 0 Å². The van der Waals surface area contributed by atoms with E-state index >= 15 is 0 Å². The highest BCUT2D eigenvalue weighted by atomic mass is 16.5. The topological polar surface area (TPSA) is 85.2 Å². The second-order valence-corrected chi connectivity index (χ2v) is 6.31. The summed E-state index contributed by atoms with van der Waals surface area (Å²) in [5.74, 6) is 0.274. The number of hydrogen-bond acceptors (Lipinski definition) is 6. The quantitative estimate of drug-likeness (QED) is 0.265. The van der Waals surface area contributed by atoms with Crippen LogP contribution in [0, 0.1) is 5.92 Å². The van der Waals surface area contributed by atoms with Crippen molar-refractivity contribution < 1.29 is 29.2 Å². The predicted octanol–water partition coefficient (Wildman–Crippen LogP) is 2.98. The van der Waals surface area contributed by atoms with E-state index in [1.807, 2.05) is 6.92 Å². The molecule has 1 atom stereocenters. The monoisotopic (exact) mass is 378 g/mol. The van der Waals surface area contributed by atoms with E-state index in [2.05, 4.69) is 6.92 Å². The van der Waals surface area contributed by atoms with Gasteiger partial charge in [-0.3, -0.25) is 0 Å². The maximum absolute atomic E-state index is 10.3. The Morgan fingerprint density at radius 2 is 1.15 bits per heavy atom. The lowest BCUT2D eigenvalue weighted by Gasteiger charge is -2.04. The molecule has 1 unspecified atom stereocenters. The summed E-state index contributed by atoms with van der Waals surface area (Å²) in [7, 11) is 0. The van der Waals surface area contributed by atoms with E-state index in [-0.39, 0.29) is 19.1 Å². The second-order valence-electron chi connectivity index (χ2n) is 6.31. The van der Waals surface area contributed by atoms with Gasteiger partial charge in [0, 0.05) is 5.92 Å². The minimum Gasteiger partial charge on any atom is -0.394 e. The van der Waals surface area contributed by atoms with Crippen molar-refractivity contribution in [2.24, 2.45) is 5.92 Å². The van der Waals surface area contributed by atoms with Crippen molar-refractivity contribution in [1.29, 1.82) is 0 Å². The molecule has 0 fully saturated rings. The highest BCUT2D eigenvalue weighted by Gasteiger charge is 1.98. The third-order valence-electron chi connectivity index (χ3n) is 3.71. The average Bonchev–Trinajstić information content (AvgIpc) is 2.66. The maximum Gasteiger partial charge on any atom is 0.122 e. The van der Waals surface area contributed by atoms with Crippen LogP contribution in [0.25, 0.3) is 0 Å². The maximum atomic E-state index is 10.3. The minimum absolute atomic E-state index is 0.0413. The molecule has 6 heteroatoms. The van der Waals surface area contributed by atoms with E-state index in [0.717, 1.165) is 12.7 Å². The Bertz CT molecular complexity index is 240. The van der Waals surface area contributed by atoms with Gasteiger partial charge in [-0.2, -0.15) is 0 Å². The molecule has 0 aliphatic heterocycles. The van der Waals surface area contributed by atoms with Crippen LogP contribution in [0.15, 0.2) is 0 Å². The van der Waals surface area contributed by atoms with Gasteiger partial charge < -0.3 is 29.2 Å². The van der Waals surface area contributed by atoms with E-state index in [1.54, 1.807) is 0 Å². The molecule has 2 N–H and O–H groups in total. The molecule has 0 heterocycles. The summed E-state index contributed by atoms with van der Waals surface area (Å²) >= 11 is 0. The SMILES string of the molecule is CCCCCCCCCC(C)C=O.OCCOCCOCCOCCO. The third kappa shape index (κ3) is 28.3. The zero-order chi connectivity index (χ0) is 19.7. The normalized spacial score (nSPS) is 11.7. The van der Waals surface area contributed by atoms with E-state index in [9.17, 15) is 4.79 Å². The van der Waals surface area contributed by atoms with Crippen LogP contribution in [-0.2, 0) is 19.0 Å². The van der Waals surface area contributed by atoms with Gasteiger partial charge in [0.05, 0.1) is 52.9 Å². The standard InChI is InChI=1S/C12H24O.C8H18O5/c1-3-4-5-6-7-8-9-10-12(2)11-13;9-1-3-11-5-7-13-8-6-12-4-2-10/h11-12H,3-10H2,1-2H3;9-10H,1-8H2. The van der Waals surface area contributed by atoms with Gasteiger partial charge in [-0.25, -0.2) is 0 Å². The first kappa shape index (κ1) is 27.7. The molecule has 0 aliphatic carbocycles. The number of aldehydes is 1. The number of ether oxygens (including phenoxy) is 3. The molecule has 0 bridgehead atoms. The van der Waals surface area contributed by atoms with Gasteiger partial charge in [0.2, 0.25) is 0 Å². The molecule has 0 aliphatic rings. The highest BCUT2D eigenvalue weighted by molar-refractivity contribution is 5.52. The lowest BCUT2D eigenvalue weighted by atomic mass is 10.0. The Balaban J connectivity index is 0. The molecule has 6 nitrogen and oxygen atoms in total. The number of unbranched alkanes of at least 4 members (excludes halogenated alkanes) is 6. The van der Waals surface area contributed by atoms with Gasteiger partial charge in [0.25, 0.3) is 0 Å². The van der Waals surface area contributed by atoms with Gasteiger partial charge in [0.1, 0.15) is 6.29 Å². The van der Waals surface area contributed by atoms with Gasteiger partial charge >= 0.3 is 0 Å². The van der Waals surface area contributed by atoms with E-state index in [0.29, 0.717) is 39.6 Å². The Kier molecular flexibility index (Phi) is 28.4. The van der Waals surface area contributed by atoms with Gasteiger partial charge in [-0.05, 0) is 6.42 Å². The van der Waals surface area contributed by atoms with E-state index in [1.165, 1.54) is 44.9 Å². The molecule has 0 aromatic rings. The van der Waals surface area contributed by atoms with Crippen molar-refractivity contribution in [3.8, 4) is 0 Å². The molecular formula is C20H42O6. The fourth-order valence-corrected chi connectivity index (χ4v) is 2.16. The van der Waals surface area contributed by atoms with Gasteiger partial charge in [-0.15, -0.1) is 0 Å². The summed E-state index contributed by atoms with van der Waals surface area (Å²) < 4.78 is 15.0. The fraction of sp³-hybridized carbons (Fsp3) is 0.950. The van der Waals surface area contributed by atoms with E-state index in [4.69, 9.17) is 24.4 Å². The molecule has 0 amide bonds. The van der Waals surface area contributed by atoms with Crippen molar-refractivity contribution in [1.82, 2.24) is 0 Å². The Morgan fingerprint density at radius 1 is 0.731 bits per heavy atom. The molecule has 0 radical (unpaired) electrons. The summed E-state index contributed by atoms with van der Waals surface area (Å²) in [6, 6.07) is 0. The molecule has 0 rings (SSSR count). The van der Waals surface area contributed by atoms with Crippen molar-refractivity contribution in [3.63, 3.8) is 0 Å². The Hall–Kier alpha value is -0.530. The molecule has 0 spiro atoms. The predicted molar refractivity (Wildman–Crippen MR) is 104 cm³/mol. The van der Waals surface area contributed by atoms with Gasteiger partial charge in [-0.1, -0.05) is 58.8 Å². The number of rotatable bonds is 19. The fourth-order valence-electron chi connectivity index (χ4n) is 2.16. The van der Waals surface area contributed by atoms with Crippen molar-refractivity contribution in [2.75, 3.05) is 52.9 Å². The summed E-state index contributed by atoms with van der Waals surface area (Å²) in [6.45, 7) is 7.01. The largest absolute Gasteiger partial charge is 0.394 e. The number of aliphatic hydroxyl groups excluding tert-OH is 2. The van der Waals surface area contributed by atoms with Gasteiger partial charge in [0.15, 0.2) is 0 Å². The second kappa shape index (κ2) is 26.7. The van der Waals surface area contributed by atoms with Crippen LogP contribution in [0.3, 0.4) is 0 Å². The van der Waals surface area contributed by atoms with Crippen LogP contribution in [-0.4, -0.2) is 69.4 Å². The van der Waals surface area contributed by atoms with Crippen LogP contribution in [0.5, 0.6) is 0 Å². The smallest absolute Gasteiger partial charge is 0.122 e. The first-order chi connectivity index (χ1) is 12.7. The van der Waals surface area contributed by atoms with Crippen LogP contribution in [0.2, 0.25) is 0 Å². The number of carbonyl (C=O) groups excluding carboxylic acids is 1. The number of hydrogen-bond donors (Lipinski definition) is 2. The number of aliphatic hydroxyl groups is 2. The molecule has 0 aromatic carbocycles.